The highest BCUT2D eigenvalue weighted by Gasteiger charge is 2.39. The number of ether oxygens (including phenoxy) is 2. The van der Waals surface area contributed by atoms with Crippen LogP contribution in [0.15, 0.2) is 24.4 Å². The van der Waals surface area contributed by atoms with Gasteiger partial charge in [0.15, 0.2) is 0 Å². The van der Waals surface area contributed by atoms with Gasteiger partial charge in [0.2, 0.25) is 5.95 Å². The fourth-order valence-electron chi connectivity index (χ4n) is 4.92. The van der Waals surface area contributed by atoms with Crippen molar-refractivity contribution in [3.63, 3.8) is 0 Å². The van der Waals surface area contributed by atoms with Crippen LogP contribution in [0.1, 0.15) is 33.4 Å². The lowest BCUT2D eigenvalue weighted by atomic mass is 9.89. The van der Waals surface area contributed by atoms with Crippen molar-refractivity contribution in [2.45, 2.75) is 18.9 Å². The van der Waals surface area contributed by atoms with E-state index in [-0.39, 0.29) is 11.9 Å². The summed E-state index contributed by atoms with van der Waals surface area (Å²) >= 11 is 0. The van der Waals surface area contributed by atoms with Crippen molar-refractivity contribution >= 4 is 22.8 Å². The number of morpholine rings is 1. The van der Waals surface area contributed by atoms with E-state index in [0.717, 1.165) is 42.2 Å². The largest absolute Gasteiger partial charge is 0.497 e. The van der Waals surface area contributed by atoms with Gasteiger partial charge in [-0.1, -0.05) is 0 Å². The number of amides is 1. The molecule has 0 radical (unpaired) electrons. The second kappa shape index (κ2) is 6.70. The Balaban J connectivity index is 1.40. The van der Waals surface area contributed by atoms with Gasteiger partial charge in [0.1, 0.15) is 5.75 Å². The van der Waals surface area contributed by atoms with Crippen LogP contribution in [0, 0.1) is 0 Å². The molecule has 3 aromatic rings. The summed E-state index contributed by atoms with van der Waals surface area (Å²) < 4.78 is 10.8. The molecule has 1 aromatic carbocycles. The van der Waals surface area contributed by atoms with E-state index in [1.165, 1.54) is 10.9 Å². The Morgan fingerprint density at radius 3 is 2.93 bits per heavy atom. The van der Waals surface area contributed by atoms with E-state index < -0.39 is 0 Å². The van der Waals surface area contributed by atoms with Crippen molar-refractivity contribution in [2.75, 3.05) is 44.9 Å². The predicted molar refractivity (Wildman–Crippen MR) is 111 cm³/mol. The number of nitrogens with one attached hydrogen (secondary N) is 1. The molecule has 5 heterocycles. The standard InChI is InChI=1S/C22H23N5O3/c1-29-13-2-3-17-15(10-13)14-4-5-27-19(20(14)24-17)11-18-16(21(27)28)12-23-22(25-18)26-6-8-30-9-7-26/h2-3,10,12,19,24H,4-9,11H2,1H3/t19-/m0/s1. The van der Waals surface area contributed by atoms with Crippen molar-refractivity contribution in [1.82, 2.24) is 19.9 Å². The minimum atomic E-state index is -0.0282. The third-order valence-electron chi connectivity index (χ3n) is 6.49. The molecule has 1 fully saturated rings. The minimum absolute atomic E-state index is 0.0247. The summed E-state index contributed by atoms with van der Waals surface area (Å²) in [5.74, 6) is 1.56. The minimum Gasteiger partial charge on any atom is -0.497 e. The molecular weight excluding hydrogens is 382 g/mol. The van der Waals surface area contributed by atoms with E-state index in [0.29, 0.717) is 37.7 Å². The quantitative estimate of drug-likeness (QED) is 0.703. The summed E-state index contributed by atoms with van der Waals surface area (Å²) in [7, 11) is 1.69. The number of rotatable bonds is 2. The Morgan fingerprint density at radius 2 is 2.10 bits per heavy atom. The fourth-order valence-corrected chi connectivity index (χ4v) is 4.92. The highest BCUT2D eigenvalue weighted by molar-refractivity contribution is 5.97. The number of benzene rings is 1. The smallest absolute Gasteiger partial charge is 0.257 e. The Morgan fingerprint density at radius 1 is 1.23 bits per heavy atom. The van der Waals surface area contributed by atoms with Gasteiger partial charge in [0.05, 0.1) is 37.6 Å². The maximum atomic E-state index is 13.2. The van der Waals surface area contributed by atoms with Gasteiger partial charge >= 0.3 is 0 Å². The molecule has 1 atom stereocenters. The number of methoxy groups -OCH3 is 1. The van der Waals surface area contributed by atoms with Gasteiger partial charge in [-0.05, 0) is 30.2 Å². The van der Waals surface area contributed by atoms with Gasteiger partial charge < -0.3 is 24.3 Å². The monoisotopic (exact) mass is 405 g/mol. The molecule has 154 valence electrons. The second-order valence-corrected chi connectivity index (χ2v) is 8.03. The van der Waals surface area contributed by atoms with Crippen LogP contribution in [0.3, 0.4) is 0 Å². The van der Waals surface area contributed by atoms with Crippen LogP contribution >= 0.6 is 0 Å². The summed E-state index contributed by atoms with van der Waals surface area (Å²) in [4.78, 5) is 30.2. The fraction of sp³-hybridized carbons (Fsp3) is 0.409. The van der Waals surface area contributed by atoms with Crippen LogP contribution in [-0.4, -0.2) is 65.7 Å². The summed E-state index contributed by atoms with van der Waals surface area (Å²) in [6.45, 7) is 3.60. The van der Waals surface area contributed by atoms with Crippen LogP contribution in [0.4, 0.5) is 5.95 Å². The van der Waals surface area contributed by atoms with Crippen molar-refractivity contribution < 1.29 is 14.3 Å². The Labute approximate surface area is 173 Å². The van der Waals surface area contributed by atoms with Crippen LogP contribution in [0.2, 0.25) is 0 Å². The molecule has 0 spiro atoms. The van der Waals surface area contributed by atoms with E-state index in [9.17, 15) is 4.79 Å². The van der Waals surface area contributed by atoms with Crippen molar-refractivity contribution in [3.05, 3.63) is 46.9 Å². The molecule has 0 saturated carbocycles. The first-order valence-electron chi connectivity index (χ1n) is 10.4. The topological polar surface area (TPSA) is 83.6 Å². The van der Waals surface area contributed by atoms with Crippen molar-refractivity contribution in [1.29, 1.82) is 0 Å². The summed E-state index contributed by atoms with van der Waals surface area (Å²) in [5.41, 5.74) is 4.95. The first-order valence-corrected chi connectivity index (χ1v) is 10.4. The lowest BCUT2D eigenvalue weighted by Crippen LogP contribution is -2.45. The first-order chi connectivity index (χ1) is 14.7. The zero-order chi connectivity index (χ0) is 20.2. The summed E-state index contributed by atoms with van der Waals surface area (Å²) in [5, 5.41) is 1.18. The van der Waals surface area contributed by atoms with Crippen LogP contribution < -0.4 is 9.64 Å². The molecule has 6 rings (SSSR count). The van der Waals surface area contributed by atoms with Crippen molar-refractivity contribution in [2.24, 2.45) is 0 Å². The molecule has 1 N–H and O–H groups in total. The second-order valence-electron chi connectivity index (χ2n) is 8.03. The SMILES string of the molecule is COc1ccc2[nH]c3c(c2c1)CCN1C(=O)c2cnc(N4CCOCC4)nc2C[C@@H]31. The molecule has 8 heteroatoms. The van der Waals surface area contributed by atoms with E-state index in [2.05, 4.69) is 20.9 Å². The van der Waals surface area contributed by atoms with E-state index in [4.69, 9.17) is 14.5 Å². The van der Waals surface area contributed by atoms with Gasteiger partial charge in [0, 0.05) is 48.8 Å². The van der Waals surface area contributed by atoms with Gasteiger partial charge in [-0.3, -0.25) is 4.79 Å². The molecule has 3 aliphatic rings. The molecule has 1 saturated heterocycles. The third-order valence-corrected chi connectivity index (χ3v) is 6.49. The number of carbonyl (C=O) groups excluding carboxylic acids is 1. The van der Waals surface area contributed by atoms with Gasteiger partial charge in [-0.2, -0.15) is 0 Å². The van der Waals surface area contributed by atoms with E-state index >= 15 is 0 Å². The number of hydrogen-bond acceptors (Lipinski definition) is 6. The summed E-state index contributed by atoms with van der Waals surface area (Å²) in [6, 6.07) is 6.07. The number of aromatic amines is 1. The molecule has 30 heavy (non-hydrogen) atoms. The van der Waals surface area contributed by atoms with Crippen LogP contribution in [-0.2, 0) is 17.6 Å². The zero-order valence-electron chi connectivity index (χ0n) is 16.9. The Bertz CT molecular complexity index is 1150. The number of H-pyrrole nitrogens is 1. The third kappa shape index (κ3) is 2.60. The number of aromatic nitrogens is 3. The predicted octanol–water partition coefficient (Wildman–Crippen LogP) is 2.10. The lowest BCUT2D eigenvalue weighted by molar-refractivity contribution is 0.0624. The number of nitrogens with zero attached hydrogens (tertiary/aromatic N) is 4. The number of carbonyl (C=O) groups is 1. The van der Waals surface area contributed by atoms with Crippen LogP contribution in [0.5, 0.6) is 5.75 Å². The Hall–Kier alpha value is -3.13. The van der Waals surface area contributed by atoms with Gasteiger partial charge in [-0.25, -0.2) is 9.97 Å². The number of hydrogen-bond donors (Lipinski definition) is 1. The molecule has 2 aromatic heterocycles. The maximum absolute atomic E-state index is 13.2. The molecule has 0 aliphatic carbocycles. The molecular formula is C22H23N5O3. The zero-order valence-corrected chi connectivity index (χ0v) is 16.9. The number of fused-ring (bicyclic) bond motifs is 6. The molecule has 3 aliphatic heterocycles. The van der Waals surface area contributed by atoms with Crippen LogP contribution in [0.25, 0.3) is 10.9 Å². The molecule has 0 unspecified atom stereocenters. The highest BCUT2D eigenvalue weighted by Crippen LogP contribution is 2.40. The number of anilines is 1. The van der Waals surface area contributed by atoms with Crippen molar-refractivity contribution in [3.8, 4) is 5.75 Å². The molecule has 8 nitrogen and oxygen atoms in total. The maximum Gasteiger partial charge on any atom is 0.257 e. The average Bonchev–Trinajstić information content (AvgIpc) is 3.18. The van der Waals surface area contributed by atoms with E-state index in [1.54, 1.807) is 13.3 Å². The summed E-state index contributed by atoms with van der Waals surface area (Å²) in [6.07, 6.45) is 3.22. The van der Waals surface area contributed by atoms with Gasteiger partial charge in [-0.15, -0.1) is 0 Å². The first kappa shape index (κ1) is 17.7. The molecule has 0 bridgehead atoms. The lowest BCUT2D eigenvalue weighted by Gasteiger charge is -2.39. The van der Waals surface area contributed by atoms with E-state index in [1.807, 2.05) is 17.0 Å². The normalized spacial score (nSPS) is 20.7. The Kier molecular flexibility index (Phi) is 3.95. The highest BCUT2D eigenvalue weighted by atomic mass is 16.5. The molecule has 1 amide bonds. The van der Waals surface area contributed by atoms with Gasteiger partial charge in [0.25, 0.3) is 5.91 Å². The average molecular weight is 405 g/mol.